The molecule has 12 heavy (non-hydrogen) atoms. The standard InChI is InChI=1S/C7H11N2O3/c1-8-12-6-7(10)9-2-4-11-5-3-9/h1H,2-6H2. The van der Waals surface area contributed by atoms with Gasteiger partial charge in [0.15, 0.2) is 6.61 Å². The summed E-state index contributed by atoms with van der Waals surface area (Å²) < 4.78 is 5.07. The molecule has 1 heterocycles. The van der Waals surface area contributed by atoms with Crippen LogP contribution < -0.4 is 0 Å². The van der Waals surface area contributed by atoms with Gasteiger partial charge in [-0.15, -0.1) is 0 Å². The maximum atomic E-state index is 11.2. The second kappa shape index (κ2) is 4.71. The monoisotopic (exact) mass is 171 g/mol. The molecule has 1 aliphatic heterocycles. The Labute approximate surface area is 70.9 Å². The third-order valence-electron chi connectivity index (χ3n) is 1.63. The van der Waals surface area contributed by atoms with E-state index in [1.54, 1.807) is 4.90 Å². The van der Waals surface area contributed by atoms with Gasteiger partial charge in [-0.3, -0.25) is 4.79 Å². The molecule has 5 nitrogen and oxygen atoms in total. The fourth-order valence-electron chi connectivity index (χ4n) is 0.997. The second-order valence-corrected chi connectivity index (χ2v) is 2.37. The minimum absolute atomic E-state index is 0.0868. The highest BCUT2D eigenvalue weighted by Gasteiger charge is 2.16. The second-order valence-electron chi connectivity index (χ2n) is 2.37. The van der Waals surface area contributed by atoms with Crippen LogP contribution in [-0.4, -0.2) is 50.4 Å². The average molecular weight is 171 g/mol. The lowest BCUT2D eigenvalue weighted by molar-refractivity contribution is -0.140. The number of hydrogen-bond acceptors (Lipinski definition) is 4. The summed E-state index contributed by atoms with van der Waals surface area (Å²) >= 11 is 0. The van der Waals surface area contributed by atoms with Crippen LogP contribution in [0, 0.1) is 0 Å². The van der Waals surface area contributed by atoms with Crippen LogP contribution in [0.4, 0.5) is 0 Å². The Hall–Kier alpha value is -1.10. The molecule has 1 fully saturated rings. The van der Waals surface area contributed by atoms with Gasteiger partial charge in [-0.25, -0.2) is 0 Å². The summed E-state index contributed by atoms with van der Waals surface area (Å²) in [4.78, 5) is 17.3. The summed E-state index contributed by atoms with van der Waals surface area (Å²) in [5.74, 6) is -0.104. The number of amides is 1. The van der Waals surface area contributed by atoms with Gasteiger partial charge in [0, 0.05) is 13.1 Å². The van der Waals surface area contributed by atoms with E-state index in [0.717, 1.165) is 0 Å². The molecular weight excluding hydrogens is 160 g/mol. The first kappa shape index (κ1) is 8.99. The van der Waals surface area contributed by atoms with Crippen molar-refractivity contribution < 1.29 is 14.4 Å². The van der Waals surface area contributed by atoms with Gasteiger partial charge in [-0.05, 0) is 0 Å². The smallest absolute Gasteiger partial charge is 0.263 e. The fraction of sp³-hybridized carbons (Fsp3) is 0.714. The maximum Gasteiger partial charge on any atom is 0.263 e. The average Bonchev–Trinajstić information content (AvgIpc) is 2.15. The number of nitrogens with zero attached hydrogens (tertiary/aromatic N) is 2. The van der Waals surface area contributed by atoms with Crippen molar-refractivity contribution in [3.05, 3.63) is 0 Å². The van der Waals surface area contributed by atoms with E-state index in [-0.39, 0.29) is 12.5 Å². The zero-order chi connectivity index (χ0) is 8.81. The molecule has 0 aromatic heterocycles. The van der Waals surface area contributed by atoms with E-state index in [0.29, 0.717) is 26.3 Å². The molecule has 0 aromatic carbocycles. The summed E-state index contributed by atoms with van der Waals surface area (Å²) in [5.41, 5.74) is 0. The van der Waals surface area contributed by atoms with Crippen molar-refractivity contribution in [2.75, 3.05) is 32.9 Å². The predicted octanol–water partition coefficient (Wildman–Crippen LogP) is -0.646. The minimum atomic E-state index is -0.104. The van der Waals surface area contributed by atoms with Gasteiger partial charge in [0.1, 0.15) is 0 Å². The van der Waals surface area contributed by atoms with Gasteiger partial charge in [0.25, 0.3) is 5.91 Å². The van der Waals surface area contributed by atoms with Crippen LogP contribution in [0.25, 0.3) is 0 Å². The third-order valence-corrected chi connectivity index (χ3v) is 1.63. The van der Waals surface area contributed by atoms with E-state index in [2.05, 4.69) is 9.99 Å². The van der Waals surface area contributed by atoms with Crippen molar-refractivity contribution in [3.63, 3.8) is 0 Å². The number of carbonyl (C=O) groups excluding carboxylic acids is 1. The third kappa shape index (κ3) is 2.50. The molecule has 1 rings (SSSR count). The molecule has 1 saturated heterocycles. The number of morpholine rings is 1. The highest BCUT2D eigenvalue weighted by atomic mass is 16.6. The summed E-state index contributed by atoms with van der Waals surface area (Å²) in [5, 5.41) is 2.89. The quantitative estimate of drug-likeness (QED) is 0.419. The Morgan fingerprint density at radius 3 is 2.83 bits per heavy atom. The summed E-state index contributed by atoms with van der Waals surface area (Å²) in [6, 6.07) is 0. The number of rotatable bonds is 3. The normalized spacial score (nSPS) is 17.2. The molecule has 67 valence electrons. The number of carbonyl (C=O) groups is 1. The van der Waals surface area contributed by atoms with Crippen LogP contribution in [0.2, 0.25) is 0 Å². The molecular formula is C7H11N2O3. The molecule has 0 N–H and O–H groups in total. The minimum Gasteiger partial charge on any atom is -0.386 e. The molecule has 1 aliphatic rings. The Morgan fingerprint density at radius 2 is 2.25 bits per heavy atom. The molecule has 0 saturated carbocycles. The van der Waals surface area contributed by atoms with Gasteiger partial charge >= 0.3 is 0 Å². The highest BCUT2D eigenvalue weighted by Crippen LogP contribution is 1.97. The zero-order valence-electron chi connectivity index (χ0n) is 6.73. The first-order valence-electron chi connectivity index (χ1n) is 3.72. The fourth-order valence-corrected chi connectivity index (χ4v) is 0.997. The highest BCUT2D eigenvalue weighted by molar-refractivity contribution is 5.77. The summed E-state index contributed by atoms with van der Waals surface area (Å²) in [6.45, 7) is 7.04. The predicted molar refractivity (Wildman–Crippen MR) is 41.8 cm³/mol. The van der Waals surface area contributed by atoms with Crippen LogP contribution in [0.5, 0.6) is 0 Å². The van der Waals surface area contributed by atoms with E-state index in [1.165, 1.54) is 0 Å². The molecule has 0 atom stereocenters. The maximum absolute atomic E-state index is 11.2. The van der Waals surface area contributed by atoms with Crippen molar-refractivity contribution >= 4 is 12.6 Å². The van der Waals surface area contributed by atoms with E-state index in [4.69, 9.17) is 11.5 Å². The summed E-state index contributed by atoms with van der Waals surface area (Å²) in [6.07, 6.45) is 0. The molecule has 1 radical (unpaired) electrons. The van der Waals surface area contributed by atoms with E-state index in [9.17, 15) is 4.79 Å². The first-order chi connectivity index (χ1) is 5.84. The molecule has 0 unspecified atom stereocenters. The Kier molecular flexibility index (Phi) is 3.53. The first-order valence-corrected chi connectivity index (χ1v) is 3.72. The topological polar surface area (TPSA) is 51.1 Å². The van der Waals surface area contributed by atoms with Crippen molar-refractivity contribution in [2.45, 2.75) is 0 Å². The van der Waals surface area contributed by atoms with Crippen LogP contribution >= 0.6 is 0 Å². The number of hydrogen-bond donors (Lipinski definition) is 0. The van der Waals surface area contributed by atoms with Crippen LogP contribution in [0.15, 0.2) is 5.16 Å². The largest absolute Gasteiger partial charge is 0.386 e. The summed E-state index contributed by atoms with van der Waals surface area (Å²) in [7, 11) is 0. The van der Waals surface area contributed by atoms with Gasteiger partial charge in [-0.2, -0.15) is 0 Å². The van der Waals surface area contributed by atoms with Crippen molar-refractivity contribution in [2.24, 2.45) is 5.16 Å². The van der Waals surface area contributed by atoms with E-state index in [1.807, 2.05) is 0 Å². The molecule has 0 spiro atoms. The lowest BCUT2D eigenvalue weighted by Gasteiger charge is -2.26. The van der Waals surface area contributed by atoms with Gasteiger partial charge in [-0.1, -0.05) is 5.16 Å². The lowest BCUT2D eigenvalue weighted by Crippen LogP contribution is -2.42. The molecule has 1 amide bonds. The molecule has 5 heteroatoms. The molecule has 0 aromatic rings. The van der Waals surface area contributed by atoms with Gasteiger partial charge < -0.3 is 14.5 Å². The Bertz CT molecular complexity index is 166. The van der Waals surface area contributed by atoms with E-state index >= 15 is 0 Å². The van der Waals surface area contributed by atoms with Crippen LogP contribution in [0.3, 0.4) is 0 Å². The van der Waals surface area contributed by atoms with Gasteiger partial charge in [0.05, 0.1) is 19.9 Å². The van der Waals surface area contributed by atoms with Crippen molar-refractivity contribution in [1.82, 2.24) is 4.90 Å². The molecule has 0 aliphatic carbocycles. The lowest BCUT2D eigenvalue weighted by atomic mass is 10.4. The van der Waals surface area contributed by atoms with E-state index < -0.39 is 0 Å². The Balaban J connectivity index is 2.24. The SMILES string of the molecule is [CH]=NOCC(=O)N1CCOCC1. The number of ether oxygens (including phenoxy) is 1. The van der Waals surface area contributed by atoms with Gasteiger partial charge in [0.2, 0.25) is 0 Å². The molecule has 0 bridgehead atoms. The Morgan fingerprint density at radius 1 is 1.58 bits per heavy atom. The van der Waals surface area contributed by atoms with Crippen LogP contribution in [-0.2, 0) is 14.4 Å². The van der Waals surface area contributed by atoms with Crippen molar-refractivity contribution in [1.29, 1.82) is 0 Å². The van der Waals surface area contributed by atoms with Crippen molar-refractivity contribution in [3.8, 4) is 0 Å². The van der Waals surface area contributed by atoms with Crippen LogP contribution in [0.1, 0.15) is 0 Å². The zero-order valence-corrected chi connectivity index (χ0v) is 6.73.